The molecule has 4 fully saturated rings. The molecule has 55 heavy (non-hydrogen) atoms. The van der Waals surface area contributed by atoms with Gasteiger partial charge in [0.1, 0.15) is 23.0 Å². The zero-order chi connectivity index (χ0) is 39.1. The van der Waals surface area contributed by atoms with Crippen molar-refractivity contribution in [3.8, 4) is 0 Å². The summed E-state index contributed by atoms with van der Waals surface area (Å²) in [7, 11) is 2.06. The fraction of sp³-hybridized carbons (Fsp3) is 0.538. The first-order valence-corrected chi connectivity index (χ1v) is 19.9. The number of alkyl halides is 3. The lowest BCUT2D eigenvalue weighted by Gasteiger charge is -2.34. The zero-order valence-corrected chi connectivity index (χ0v) is 32.0. The average molecular weight is 789 g/mol. The van der Waals surface area contributed by atoms with Gasteiger partial charge in [0.05, 0.1) is 17.3 Å². The molecule has 4 heterocycles. The summed E-state index contributed by atoms with van der Waals surface area (Å²) in [5.41, 5.74) is 0.474. The minimum absolute atomic E-state index is 0.0594. The SMILES string of the molecule is CC1CCCN(c2nc(Nc3ccc(SNC4CCCCC4)cc3F)ncc2C(F)(F)F)C1.CN1CCN(c2ccc(C3CCC(=O)NC3=O)cc2F)CC1. The zero-order valence-electron chi connectivity index (χ0n) is 31.2. The molecule has 3 aromatic rings. The molecule has 2 aromatic carbocycles. The van der Waals surface area contributed by atoms with Gasteiger partial charge in [-0.1, -0.05) is 32.3 Å². The van der Waals surface area contributed by atoms with Gasteiger partial charge in [-0.2, -0.15) is 18.2 Å². The van der Waals surface area contributed by atoms with Crippen LogP contribution in [0.1, 0.15) is 81.8 Å². The molecule has 2 amide bonds. The van der Waals surface area contributed by atoms with Gasteiger partial charge < -0.3 is 20.0 Å². The number of rotatable bonds is 8. The maximum absolute atomic E-state index is 14.7. The van der Waals surface area contributed by atoms with Crippen LogP contribution in [-0.2, 0) is 15.8 Å². The number of imide groups is 1. The van der Waals surface area contributed by atoms with Gasteiger partial charge in [0.2, 0.25) is 17.8 Å². The molecule has 298 valence electrons. The molecule has 3 saturated heterocycles. The van der Waals surface area contributed by atoms with Gasteiger partial charge in [-0.05, 0) is 92.9 Å². The van der Waals surface area contributed by atoms with E-state index in [0.717, 1.165) is 63.0 Å². The van der Waals surface area contributed by atoms with Crippen LogP contribution < -0.4 is 25.2 Å². The fourth-order valence-corrected chi connectivity index (χ4v) is 8.30. The van der Waals surface area contributed by atoms with Crippen molar-refractivity contribution in [3.63, 3.8) is 0 Å². The molecule has 1 aliphatic carbocycles. The summed E-state index contributed by atoms with van der Waals surface area (Å²) in [6.07, 6.45) is 4.66. The number of piperazine rings is 1. The van der Waals surface area contributed by atoms with Gasteiger partial charge in [-0.25, -0.2) is 13.8 Å². The van der Waals surface area contributed by atoms with Crippen molar-refractivity contribution >= 4 is 46.9 Å². The van der Waals surface area contributed by atoms with Crippen molar-refractivity contribution in [3.05, 3.63) is 65.4 Å². The highest BCUT2D eigenvalue weighted by Crippen LogP contribution is 2.38. The average Bonchev–Trinajstić information content (AvgIpc) is 3.16. The summed E-state index contributed by atoms with van der Waals surface area (Å²) in [6, 6.07) is 10.2. The number of aromatic nitrogens is 2. The number of nitrogens with zero attached hydrogens (tertiary/aromatic N) is 5. The van der Waals surface area contributed by atoms with Crippen molar-refractivity contribution in [2.45, 2.75) is 87.7 Å². The van der Waals surface area contributed by atoms with Crippen LogP contribution in [0.25, 0.3) is 0 Å². The number of carbonyl (C=O) groups excluding carboxylic acids is 2. The lowest BCUT2D eigenvalue weighted by Crippen LogP contribution is -2.44. The fourth-order valence-electron chi connectivity index (χ4n) is 7.46. The molecule has 2 atom stereocenters. The van der Waals surface area contributed by atoms with Crippen molar-refractivity contribution < 1.29 is 31.5 Å². The molecule has 0 spiro atoms. The molecule has 1 aromatic heterocycles. The van der Waals surface area contributed by atoms with E-state index >= 15 is 0 Å². The third kappa shape index (κ3) is 10.8. The molecule has 0 bridgehead atoms. The van der Waals surface area contributed by atoms with Gasteiger partial charge in [0.25, 0.3) is 0 Å². The van der Waals surface area contributed by atoms with Crippen LogP contribution in [0.2, 0.25) is 0 Å². The number of amides is 2. The predicted molar refractivity (Wildman–Crippen MR) is 204 cm³/mol. The highest BCUT2D eigenvalue weighted by molar-refractivity contribution is 7.97. The van der Waals surface area contributed by atoms with Crippen LogP contribution in [0.4, 0.5) is 45.1 Å². The van der Waals surface area contributed by atoms with Crippen LogP contribution in [0.15, 0.2) is 47.5 Å². The van der Waals surface area contributed by atoms with E-state index in [9.17, 15) is 31.5 Å². The Balaban J connectivity index is 0.000000203. The van der Waals surface area contributed by atoms with Gasteiger partial charge in [-0.15, -0.1) is 0 Å². The van der Waals surface area contributed by atoms with Crippen LogP contribution in [0.5, 0.6) is 0 Å². The van der Waals surface area contributed by atoms with E-state index in [1.165, 1.54) is 43.3 Å². The number of piperidine rings is 2. The van der Waals surface area contributed by atoms with Crippen LogP contribution in [0.3, 0.4) is 0 Å². The first-order chi connectivity index (χ1) is 26.3. The summed E-state index contributed by atoms with van der Waals surface area (Å²) < 4.78 is 73.3. The summed E-state index contributed by atoms with van der Waals surface area (Å²) in [5, 5.41) is 5.07. The Kier molecular flexibility index (Phi) is 13.5. The Morgan fingerprint density at radius 1 is 0.873 bits per heavy atom. The number of carbonyl (C=O) groups is 2. The van der Waals surface area contributed by atoms with E-state index in [2.05, 4.69) is 37.3 Å². The summed E-state index contributed by atoms with van der Waals surface area (Å²) >= 11 is 1.40. The first kappa shape index (κ1) is 40.6. The maximum Gasteiger partial charge on any atom is 0.421 e. The Bertz CT molecular complexity index is 1800. The molecule has 0 radical (unpaired) electrons. The molecule has 4 aliphatic rings. The van der Waals surface area contributed by atoms with Crippen molar-refractivity contribution in [1.82, 2.24) is 24.9 Å². The quantitative estimate of drug-likeness (QED) is 0.120. The second-order valence-corrected chi connectivity index (χ2v) is 15.9. The number of hydrogen-bond donors (Lipinski definition) is 3. The van der Waals surface area contributed by atoms with Gasteiger partial charge in [0.15, 0.2) is 0 Å². The maximum atomic E-state index is 14.7. The smallest absolute Gasteiger partial charge is 0.367 e. The Hall–Kier alpha value is -4.02. The second-order valence-electron chi connectivity index (χ2n) is 14.9. The van der Waals surface area contributed by atoms with E-state index in [1.807, 2.05) is 11.8 Å². The van der Waals surface area contributed by atoms with Crippen molar-refractivity contribution in [2.75, 3.05) is 61.4 Å². The largest absolute Gasteiger partial charge is 0.421 e. The number of benzene rings is 2. The summed E-state index contributed by atoms with van der Waals surface area (Å²) in [6.45, 7) is 6.42. The minimum Gasteiger partial charge on any atom is -0.367 e. The van der Waals surface area contributed by atoms with E-state index in [1.54, 1.807) is 29.2 Å². The Labute approximate surface area is 323 Å². The first-order valence-electron chi connectivity index (χ1n) is 19.1. The van der Waals surface area contributed by atoms with Crippen LogP contribution in [0, 0.1) is 17.6 Å². The molecule has 7 rings (SSSR count). The van der Waals surface area contributed by atoms with Crippen molar-refractivity contribution in [1.29, 1.82) is 0 Å². The summed E-state index contributed by atoms with van der Waals surface area (Å²) in [5.74, 6) is -1.77. The Morgan fingerprint density at radius 3 is 2.31 bits per heavy atom. The Morgan fingerprint density at radius 2 is 1.64 bits per heavy atom. The topological polar surface area (TPSA) is 106 Å². The van der Waals surface area contributed by atoms with Crippen molar-refractivity contribution in [2.24, 2.45) is 5.92 Å². The number of hydrogen-bond acceptors (Lipinski definition) is 10. The second kappa shape index (κ2) is 18.3. The molecule has 3 N–H and O–H groups in total. The minimum atomic E-state index is -4.57. The van der Waals surface area contributed by atoms with Crippen LogP contribution in [-0.4, -0.2) is 79.0 Å². The highest BCUT2D eigenvalue weighted by Gasteiger charge is 2.38. The third-order valence-electron chi connectivity index (χ3n) is 10.6. The molecule has 3 aliphatic heterocycles. The molecule has 1 saturated carbocycles. The lowest BCUT2D eigenvalue weighted by molar-refractivity contribution is -0.138. The number of nitrogens with one attached hydrogen (secondary N) is 3. The molecular weight excluding hydrogens is 740 g/mol. The third-order valence-corrected chi connectivity index (χ3v) is 11.6. The van der Waals surface area contributed by atoms with E-state index in [4.69, 9.17) is 0 Å². The van der Waals surface area contributed by atoms with Gasteiger partial charge in [-0.3, -0.25) is 19.6 Å². The van der Waals surface area contributed by atoms with Gasteiger partial charge >= 0.3 is 6.18 Å². The number of likely N-dealkylation sites (N-methyl/N-ethyl adjacent to an activating group) is 1. The monoisotopic (exact) mass is 788 g/mol. The van der Waals surface area contributed by atoms with Crippen LogP contribution >= 0.6 is 11.9 Å². The lowest BCUT2D eigenvalue weighted by atomic mass is 9.90. The standard InChI is InChI=1S/C23H29F4N5S.C16H20FN3O2/c1-15-6-5-11-32(14-15)21-18(23(25,26)27)13-28-22(30-21)29-20-10-9-17(12-19(20)24)33-31-16-7-3-2-4-8-16;1-19-6-8-20(9-7-19)14-4-2-11(10-13(14)17)12-3-5-15(21)18-16(12)22/h9-10,12-13,15-16,31H,2-8,11,14H2,1H3,(H,28,29,30);2,4,10,12H,3,5-9H2,1H3,(H,18,21,22). The highest BCUT2D eigenvalue weighted by atomic mass is 32.2. The van der Waals surface area contributed by atoms with Gasteiger partial charge in [0, 0.05) is 62.8 Å². The molecule has 10 nitrogen and oxygen atoms in total. The van der Waals surface area contributed by atoms with E-state index < -0.39 is 23.5 Å². The van der Waals surface area contributed by atoms with E-state index in [0.29, 0.717) is 43.2 Å². The summed E-state index contributed by atoms with van der Waals surface area (Å²) in [4.78, 5) is 37.7. The molecular formula is C39H49F5N8O2S. The normalized spacial score (nSPS) is 21.5. The molecule has 2 unspecified atom stereocenters. The number of anilines is 4. The van der Waals surface area contributed by atoms with E-state index in [-0.39, 0.29) is 41.0 Å². The predicted octanol–water partition coefficient (Wildman–Crippen LogP) is 7.64. The molecule has 16 heteroatoms. The number of halogens is 5.